The molecule has 0 spiro atoms. The number of amides is 1. The number of carboxylic acid groups (broad SMARTS) is 1. The lowest BCUT2D eigenvalue weighted by Crippen LogP contribution is -2.34. The Bertz CT molecular complexity index is 356. The highest BCUT2D eigenvalue weighted by molar-refractivity contribution is 5.86. The van der Waals surface area contributed by atoms with Gasteiger partial charge in [0, 0.05) is 13.0 Å². The number of fused-ring (bicyclic) bond motifs is 1. The zero-order chi connectivity index (χ0) is 9.42. The number of H-pyrrole nitrogens is 1. The van der Waals surface area contributed by atoms with Crippen LogP contribution in [0, 0.1) is 6.92 Å². The lowest BCUT2D eigenvalue weighted by molar-refractivity contribution is 0.139. The molecule has 0 radical (unpaired) electrons. The molecular formula is C8H14Cl3N3O2. The van der Waals surface area contributed by atoms with Crippen LogP contribution in [-0.4, -0.2) is 32.6 Å². The zero-order valence-corrected chi connectivity index (χ0v) is 11.0. The van der Waals surface area contributed by atoms with E-state index in [0.29, 0.717) is 19.5 Å². The fourth-order valence-corrected chi connectivity index (χ4v) is 1.60. The average molecular weight is 291 g/mol. The molecule has 0 unspecified atom stereocenters. The molecule has 1 aliphatic rings. The number of nitrogens with one attached hydrogen (secondary N) is 1. The molecule has 1 amide bonds. The number of aromatic amines is 1. The molecule has 16 heavy (non-hydrogen) atoms. The summed E-state index contributed by atoms with van der Waals surface area (Å²) >= 11 is 0. The maximum Gasteiger partial charge on any atom is 0.407 e. The smallest absolute Gasteiger partial charge is 0.407 e. The van der Waals surface area contributed by atoms with Gasteiger partial charge in [0.2, 0.25) is 0 Å². The third-order valence-corrected chi connectivity index (χ3v) is 2.22. The van der Waals surface area contributed by atoms with E-state index in [0.717, 1.165) is 17.2 Å². The second-order valence-corrected chi connectivity index (χ2v) is 3.20. The van der Waals surface area contributed by atoms with Crippen molar-refractivity contribution < 1.29 is 9.90 Å². The molecule has 1 aromatic rings. The van der Waals surface area contributed by atoms with Gasteiger partial charge in [-0.3, -0.25) is 0 Å². The van der Waals surface area contributed by atoms with Gasteiger partial charge in [-0.25, -0.2) is 9.78 Å². The standard InChI is InChI=1S/C8H11N3O2.3ClH/c1-5-9-6-2-3-11(8(12)13)4-7(6)10-5;;;/h2-4H2,1H3,(H,9,10)(H,12,13);3*1H. The lowest BCUT2D eigenvalue weighted by atomic mass is 10.1. The van der Waals surface area contributed by atoms with Gasteiger partial charge < -0.3 is 15.0 Å². The van der Waals surface area contributed by atoms with Crippen molar-refractivity contribution in [2.24, 2.45) is 0 Å². The minimum atomic E-state index is -0.863. The van der Waals surface area contributed by atoms with E-state index in [4.69, 9.17) is 5.11 Å². The Morgan fingerprint density at radius 3 is 2.62 bits per heavy atom. The molecule has 0 aliphatic carbocycles. The van der Waals surface area contributed by atoms with E-state index in [2.05, 4.69) is 9.97 Å². The van der Waals surface area contributed by atoms with Crippen LogP contribution in [0.4, 0.5) is 4.79 Å². The Morgan fingerprint density at radius 1 is 1.44 bits per heavy atom. The van der Waals surface area contributed by atoms with Crippen molar-refractivity contribution in [1.29, 1.82) is 0 Å². The van der Waals surface area contributed by atoms with Crippen molar-refractivity contribution in [1.82, 2.24) is 14.9 Å². The summed E-state index contributed by atoms with van der Waals surface area (Å²) in [6, 6.07) is 0. The Balaban J connectivity index is 0. The fourth-order valence-electron chi connectivity index (χ4n) is 1.60. The number of imidazole rings is 1. The molecule has 5 nitrogen and oxygen atoms in total. The third-order valence-electron chi connectivity index (χ3n) is 2.22. The topological polar surface area (TPSA) is 69.2 Å². The van der Waals surface area contributed by atoms with Crippen LogP contribution in [0.3, 0.4) is 0 Å². The fraction of sp³-hybridized carbons (Fsp3) is 0.500. The van der Waals surface area contributed by atoms with E-state index in [1.807, 2.05) is 6.92 Å². The lowest BCUT2D eigenvalue weighted by Gasteiger charge is -2.22. The number of nitrogens with zero attached hydrogens (tertiary/aromatic N) is 2. The van der Waals surface area contributed by atoms with Crippen molar-refractivity contribution >= 4 is 43.3 Å². The van der Waals surface area contributed by atoms with E-state index in [1.54, 1.807) is 0 Å². The summed E-state index contributed by atoms with van der Waals surface area (Å²) in [7, 11) is 0. The van der Waals surface area contributed by atoms with E-state index < -0.39 is 6.09 Å². The van der Waals surface area contributed by atoms with Crippen molar-refractivity contribution in [3.05, 3.63) is 17.2 Å². The Hall–Kier alpha value is -0.650. The van der Waals surface area contributed by atoms with Gasteiger partial charge in [0.15, 0.2) is 0 Å². The van der Waals surface area contributed by atoms with Crippen LogP contribution in [0.5, 0.6) is 0 Å². The number of aryl methyl sites for hydroxylation is 1. The molecule has 1 aromatic heterocycles. The maximum atomic E-state index is 10.7. The largest absolute Gasteiger partial charge is 0.465 e. The second kappa shape index (κ2) is 6.83. The van der Waals surface area contributed by atoms with Gasteiger partial charge in [0.05, 0.1) is 17.9 Å². The highest BCUT2D eigenvalue weighted by Crippen LogP contribution is 2.15. The van der Waals surface area contributed by atoms with Gasteiger partial charge in [0.25, 0.3) is 0 Å². The summed E-state index contributed by atoms with van der Waals surface area (Å²) < 4.78 is 0. The van der Waals surface area contributed by atoms with Crippen molar-refractivity contribution in [2.75, 3.05) is 6.54 Å². The van der Waals surface area contributed by atoms with Gasteiger partial charge in [0.1, 0.15) is 5.82 Å². The molecule has 0 saturated heterocycles. The Labute approximate surface area is 112 Å². The first-order valence-electron chi connectivity index (χ1n) is 4.19. The molecular weight excluding hydrogens is 276 g/mol. The molecule has 1 aliphatic heterocycles. The van der Waals surface area contributed by atoms with Crippen LogP contribution in [0.1, 0.15) is 17.2 Å². The molecule has 94 valence electrons. The predicted molar refractivity (Wildman–Crippen MR) is 67.2 cm³/mol. The average Bonchev–Trinajstić information content (AvgIpc) is 2.42. The van der Waals surface area contributed by atoms with Crippen LogP contribution in [0.15, 0.2) is 0 Å². The van der Waals surface area contributed by atoms with Gasteiger partial charge in [-0.2, -0.15) is 0 Å². The molecule has 0 atom stereocenters. The summed E-state index contributed by atoms with van der Waals surface area (Å²) in [6.45, 7) is 2.86. The van der Waals surface area contributed by atoms with E-state index >= 15 is 0 Å². The number of halogens is 3. The van der Waals surface area contributed by atoms with Crippen LogP contribution < -0.4 is 0 Å². The van der Waals surface area contributed by atoms with Crippen LogP contribution >= 0.6 is 37.2 Å². The van der Waals surface area contributed by atoms with E-state index in [-0.39, 0.29) is 37.2 Å². The van der Waals surface area contributed by atoms with Gasteiger partial charge in [-0.15, -0.1) is 37.2 Å². The third kappa shape index (κ3) is 3.43. The van der Waals surface area contributed by atoms with Gasteiger partial charge in [-0.1, -0.05) is 0 Å². The molecule has 2 N–H and O–H groups in total. The molecule has 2 heterocycles. The summed E-state index contributed by atoms with van der Waals surface area (Å²) in [6.07, 6.45) is -0.149. The molecule has 0 fully saturated rings. The quantitative estimate of drug-likeness (QED) is 0.768. The first-order valence-corrected chi connectivity index (χ1v) is 4.19. The van der Waals surface area contributed by atoms with Crippen LogP contribution in [-0.2, 0) is 13.0 Å². The monoisotopic (exact) mass is 289 g/mol. The van der Waals surface area contributed by atoms with Crippen molar-refractivity contribution in [2.45, 2.75) is 19.9 Å². The first kappa shape index (κ1) is 17.7. The van der Waals surface area contributed by atoms with E-state index in [1.165, 1.54) is 4.90 Å². The van der Waals surface area contributed by atoms with Gasteiger partial charge in [-0.05, 0) is 6.92 Å². The number of hydrogen-bond acceptors (Lipinski definition) is 2. The molecule has 0 bridgehead atoms. The minimum absolute atomic E-state index is 0. The zero-order valence-electron chi connectivity index (χ0n) is 8.60. The maximum absolute atomic E-state index is 10.7. The Kier molecular flexibility index (Phi) is 7.57. The minimum Gasteiger partial charge on any atom is -0.465 e. The predicted octanol–water partition coefficient (Wildman–Crippen LogP) is 2.02. The SMILES string of the molecule is Cc1nc2c([nH]1)CN(C(=O)O)CC2.Cl.Cl.Cl. The molecule has 0 aromatic carbocycles. The summed E-state index contributed by atoms with van der Waals surface area (Å²) in [5, 5.41) is 8.76. The second-order valence-electron chi connectivity index (χ2n) is 3.20. The summed E-state index contributed by atoms with van der Waals surface area (Å²) in [5.41, 5.74) is 1.95. The van der Waals surface area contributed by atoms with Crippen LogP contribution in [0.2, 0.25) is 0 Å². The summed E-state index contributed by atoms with van der Waals surface area (Å²) in [5.74, 6) is 0.859. The van der Waals surface area contributed by atoms with Gasteiger partial charge >= 0.3 is 6.09 Å². The number of carbonyl (C=O) groups is 1. The van der Waals surface area contributed by atoms with Crippen molar-refractivity contribution in [3.63, 3.8) is 0 Å². The highest BCUT2D eigenvalue weighted by Gasteiger charge is 2.22. The number of aromatic nitrogens is 2. The van der Waals surface area contributed by atoms with Crippen LogP contribution in [0.25, 0.3) is 0 Å². The molecule has 2 rings (SSSR count). The van der Waals surface area contributed by atoms with Crippen molar-refractivity contribution in [3.8, 4) is 0 Å². The van der Waals surface area contributed by atoms with E-state index in [9.17, 15) is 4.79 Å². The number of rotatable bonds is 0. The Morgan fingerprint density at radius 2 is 2.06 bits per heavy atom. The number of hydrogen-bond donors (Lipinski definition) is 2. The highest BCUT2D eigenvalue weighted by atomic mass is 35.5. The molecule has 0 saturated carbocycles. The first-order chi connectivity index (χ1) is 6.16. The summed E-state index contributed by atoms with van der Waals surface area (Å²) in [4.78, 5) is 19.4. The molecule has 8 heteroatoms. The normalized spacial score (nSPS) is 12.7.